The summed E-state index contributed by atoms with van der Waals surface area (Å²) >= 11 is 0. The normalized spacial score (nSPS) is 11.2. The molecule has 0 aliphatic rings. The van der Waals surface area contributed by atoms with Crippen molar-refractivity contribution >= 4 is 33.5 Å². The van der Waals surface area contributed by atoms with Crippen LogP contribution in [0.15, 0.2) is 55.1 Å². The molecule has 4 heterocycles. The number of benzene rings is 1. The number of fused-ring (bicyclic) bond motifs is 3. The molecular weight excluding hydrogens is 382 g/mol. The Morgan fingerprint density at radius 2 is 2.03 bits per heavy atom. The SMILES string of the molecule is Nc1nc2cc(-c3cc[nH]n3)ccc2c2cn(CCNC(=O)c3ncccn3)nc12. The van der Waals surface area contributed by atoms with Gasteiger partial charge >= 0.3 is 0 Å². The second-order valence-electron chi connectivity index (χ2n) is 6.67. The van der Waals surface area contributed by atoms with E-state index in [-0.39, 0.29) is 11.7 Å². The summed E-state index contributed by atoms with van der Waals surface area (Å²) in [6.45, 7) is 0.846. The number of H-pyrrole nitrogens is 1. The Labute approximate surface area is 170 Å². The van der Waals surface area contributed by atoms with Crippen molar-refractivity contribution < 1.29 is 4.79 Å². The zero-order valence-electron chi connectivity index (χ0n) is 15.8. The Morgan fingerprint density at radius 1 is 1.17 bits per heavy atom. The van der Waals surface area contributed by atoms with Crippen LogP contribution in [0.25, 0.3) is 33.1 Å². The molecule has 5 aromatic rings. The number of anilines is 1. The van der Waals surface area contributed by atoms with Crippen LogP contribution in [0.5, 0.6) is 0 Å². The van der Waals surface area contributed by atoms with Crippen molar-refractivity contribution in [2.75, 3.05) is 12.3 Å². The third kappa shape index (κ3) is 3.20. The Balaban J connectivity index is 1.40. The van der Waals surface area contributed by atoms with Gasteiger partial charge in [-0.15, -0.1) is 0 Å². The first kappa shape index (κ1) is 17.7. The number of hydrogen-bond acceptors (Lipinski definition) is 7. The number of aromatic amines is 1. The third-order valence-electron chi connectivity index (χ3n) is 4.72. The summed E-state index contributed by atoms with van der Waals surface area (Å²) in [6, 6.07) is 9.50. The van der Waals surface area contributed by atoms with Gasteiger partial charge in [-0.25, -0.2) is 15.0 Å². The number of nitrogens with zero attached hydrogens (tertiary/aromatic N) is 6. The van der Waals surface area contributed by atoms with E-state index in [1.54, 1.807) is 16.9 Å². The molecule has 10 nitrogen and oxygen atoms in total. The van der Waals surface area contributed by atoms with Crippen LogP contribution in [0.2, 0.25) is 0 Å². The fraction of sp³-hybridized carbons (Fsp3) is 0.100. The maximum atomic E-state index is 12.1. The number of aromatic nitrogens is 7. The van der Waals surface area contributed by atoms with Gasteiger partial charge in [-0.2, -0.15) is 10.2 Å². The van der Waals surface area contributed by atoms with E-state index in [0.29, 0.717) is 24.4 Å². The van der Waals surface area contributed by atoms with Gasteiger partial charge in [0.05, 0.1) is 17.8 Å². The molecule has 30 heavy (non-hydrogen) atoms. The Kier molecular flexibility index (Phi) is 4.28. The largest absolute Gasteiger partial charge is 0.382 e. The highest BCUT2D eigenvalue weighted by Gasteiger charge is 2.13. The average molecular weight is 399 g/mol. The fourth-order valence-corrected chi connectivity index (χ4v) is 3.32. The van der Waals surface area contributed by atoms with Crippen molar-refractivity contribution in [3.8, 4) is 11.3 Å². The number of pyridine rings is 1. The van der Waals surface area contributed by atoms with Crippen molar-refractivity contribution in [1.82, 2.24) is 40.2 Å². The molecule has 1 aromatic carbocycles. The zero-order valence-corrected chi connectivity index (χ0v) is 15.8. The summed E-state index contributed by atoms with van der Waals surface area (Å²) < 4.78 is 1.75. The van der Waals surface area contributed by atoms with Crippen molar-refractivity contribution in [3.05, 3.63) is 60.9 Å². The van der Waals surface area contributed by atoms with E-state index < -0.39 is 0 Å². The minimum atomic E-state index is -0.329. The first-order valence-electron chi connectivity index (χ1n) is 9.31. The molecule has 0 bridgehead atoms. The van der Waals surface area contributed by atoms with Gasteiger partial charge in [-0.3, -0.25) is 14.6 Å². The van der Waals surface area contributed by atoms with Crippen LogP contribution in [0.1, 0.15) is 10.6 Å². The molecule has 0 fully saturated rings. The molecule has 148 valence electrons. The summed E-state index contributed by atoms with van der Waals surface area (Å²) in [5.41, 5.74) is 9.36. The van der Waals surface area contributed by atoms with Gasteiger partial charge in [0.15, 0.2) is 5.82 Å². The van der Waals surface area contributed by atoms with Crippen LogP contribution in [0.4, 0.5) is 5.82 Å². The molecule has 0 unspecified atom stereocenters. The monoisotopic (exact) mass is 399 g/mol. The predicted molar refractivity (Wildman–Crippen MR) is 111 cm³/mol. The molecule has 0 spiro atoms. The quantitative estimate of drug-likeness (QED) is 0.409. The number of amides is 1. The van der Waals surface area contributed by atoms with Crippen molar-refractivity contribution in [3.63, 3.8) is 0 Å². The van der Waals surface area contributed by atoms with Gasteiger partial charge in [-0.1, -0.05) is 12.1 Å². The van der Waals surface area contributed by atoms with E-state index in [2.05, 4.69) is 35.6 Å². The standard InChI is InChI=1S/C20H17N9O/c21-18-17-14(13-3-2-12(10-16(13)26-18)15-4-7-25-27-15)11-29(28-17)9-8-24-20(30)19-22-5-1-6-23-19/h1-7,10-11H,8-9H2,(H2,21,26)(H,24,30)(H,25,27). The van der Waals surface area contributed by atoms with Crippen LogP contribution < -0.4 is 11.1 Å². The van der Waals surface area contributed by atoms with Crippen molar-refractivity contribution in [2.24, 2.45) is 0 Å². The lowest BCUT2D eigenvalue weighted by molar-refractivity contribution is 0.0941. The van der Waals surface area contributed by atoms with E-state index in [9.17, 15) is 4.79 Å². The smallest absolute Gasteiger partial charge is 0.289 e. The lowest BCUT2D eigenvalue weighted by Gasteiger charge is -2.03. The second-order valence-corrected chi connectivity index (χ2v) is 6.67. The fourth-order valence-electron chi connectivity index (χ4n) is 3.32. The highest BCUT2D eigenvalue weighted by Crippen LogP contribution is 2.29. The lowest BCUT2D eigenvalue weighted by Crippen LogP contribution is -2.28. The molecular formula is C20H17N9O. The van der Waals surface area contributed by atoms with Gasteiger partial charge in [0.1, 0.15) is 5.52 Å². The van der Waals surface area contributed by atoms with E-state index in [1.807, 2.05) is 30.5 Å². The number of hydrogen-bond donors (Lipinski definition) is 3. The maximum absolute atomic E-state index is 12.1. The topological polar surface area (TPSA) is 140 Å². The van der Waals surface area contributed by atoms with Gasteiger partial charge in [-0.05, 0) is 18.2 Å². The van der Waals surface area contributed by atoms with Crippen LogP contribution in [0, 0.1) is 0 Å². The Bertz CT molecular complexity index is 1340. The average Bonchev–Trinajstić information content (AvgIpc) is 3.45. The first-order chi connectivity index (χ1) is 14.7. The molecule has 1 amide bonds. The van der Waals surface area contributed by atoms with E-state index >= 15 is 0 Å². The lowest BCUT2D eigenvalue weighted by atomic mass is 10.1. The van der Waals surface area contributed by atoms with E-state index in [0.717, 1.165) is 27.5 Å². The Morgan fingerprint density at radius 3 is 2.83 bits per heavy atom. The molecule has 0 radical (unpaired) electrons. The highest BCUT2D eigenvalue weighted by molar-refractivity contribution is 6.08. The van der Waals surface area contributed by atoms with Crippen molar-refractivity contribution in [2.45, 2.75) is 6.54 Å². The van der Waals surface area contributed by atoms with Gasteiger partial charge in [0.25, 0.3) is 5.91 Å². The van der Waals surface area contributed by atoms with Crippen molar-refractivity contribution in [1.29, 1.82) is 0 Å². The number of nitrogens with one attached hydrogen (secondary N) is 2. The third-order valence-corrected chi connectivity index (χ3v) is 4.72. The van der Waals surface area contributed by atoms with Gasteiger partial charge in [0, 0.05) is 47.7 Å². The van der Waals surface area contributed by atoms with Gasteiger partial charge < -0.3 is 11.1 Å². The number of rotatable bonds is 5. The number of carbonyl (C=O) groups is 1. The minimum absolute atomic E-state index is 0.135. The summed E-state index contributed by atoms with van der Waals surface area (Å²) in [4.78, 5) is 24.4. The number of nitrogens with two attached hydrogens (primary N) is 1. The van der Waals surface area contributed by atoms with Crippen LogP contribution in [0.3, 0.4) is 0 Å². The zero-order chi connectivity index (χ0) is 20.5. The molecule has 4 aromatic heterocycles. The summed E-state index contributed by atoms with van der Waals surface area (Å²) in [5, 5.41) is 16.2. The number of carbonyl (C=O) groups excluding carboxylic acids is 1. The van der Waals surface area contributed by atoms with Crippen LogP contribution >= 0.6 is 0 Å². The number of nitrogen functional groups attached to an aromatic ring is 1. The molecule has 0 saturated carbocycles. The maximum Gasteiger partial charge on any atom is 0.289 e. The highest BCUT2D eigenvalue weighted by atomic mass is 16.2. The second kappa shape index (κ2) is 7.24. The molecule has 0 aliphatic heterocycles. The minimum Gasteiger partial charge on any atom is -0.382 e. The van der Waals surface area contributed by atoms with Gasteiger partial charge in [0.2, 0.25) is 5.82 Å². The predicted octanol–water partition coefficient (Wildman–Crippen LogP) is 1.78. The summed E-state index contributed by atoms with van der Waals surface area (Å²) in [7, 11) is 0. The summed E-state index contributed by atoms with van der Waals surface area (Å²) in [6.07, 6.45) is 6.74. The Hall–Kier alpha value is -4.34. The molecule has 5 rings (SSSR count). The molecule has 10 heteroatoms. The summed E-state index contributed by atoms with van der Waals surface area (Å²) in [5.74, 6) is 0.164. The molecule has 0 atom stereocenters. The van der Waals surface area contributed by atoms with E-state index in [4.69, 9.17) is 5.73 Å². The van der Waals surface area contributed by atoms with Crippen LogP contribution in [-0.2, 0) is 6.54 Å². The van der Waals surface area contributed by atoms with Crippen LogP contribution in [-0.4, -0.2) is 47.4 Å². The first-order valence-corrected chi connectivity index (χ1v) is 9.31. The molecule has 0 aliphatic carbocycles. The van der Waals surface area contributed by atoms with E-state index in [1.165, 1.54) is 12.4 Å². The molecule has 4 N–H and O–H groups in total. The molecule has 0 saturated heterocycles.